The Bertz CT molecular complexity index is 1100. The molecule has 0 atom stereocenters. The van der Waals surface area contributed by atoms with Crippen molar-refractivity contribution in [1.29, 1.82) is 0 Å². The molecule has 7 heteroatoms. The number of benzene rings is 2. The van der Waals surface area contributed by atoms with E-state index >= 15 is 0 Å². The summed E-state index contributed by atoms with van der Waals surface area (Å²) in [5, 5.41) is 11.4. The molecule has 4 aromatic rings. The third kappa shape index (κ3) is 3.60. The van der Waals surface area contributed by atoms with Gasteiger partial charge in [-0.3, -0.25) is 4.90 Å². The zero-order valence-corrected chi connectivity index (χ0v) is 17.2. The Balaban J connectivity index is 1.14. The number of anilines is 1. The molecule has 0 bridgehead atoms. The van der Waals surface area contributed by atoms with Gasteiger partial charge in [0.1, 0.15) is 5.52 Å². The van der Waals surface area contributed by atoms with E-state index < -0.39 is 0 Å². The van der Waals surface area contributed by atoms with E-state index in [0.29, 0.717) is 0 Å². The van der Waals surface area contributed by atoms with Crippen LogP contribution in [0.5, 0.6) is 0 Å². The summed E-state index contributed by atoms with van der Waals surface area (Å²) in [6.45, 7) is 6.20. The normalized spacial score (nSPS) is 15.7. The Kier molecular flexibility index (Phi) is 4.93. The summed E-state index contributed by atoms with van der Waals surface area (Å²) in [6.07, 6.45) is 1.07. The molecular weight excluding hydrogens is 390 g/mol. The van der Waals surface area contributed by atoms with Crippen LogP contribution >= 0.6 is 22.9 Å². The highest BCUT2D eigenvalue weighted by atomic mass is 35.5. The number of aryl methyl sites for hydroxylation is 1. The van der Waals surface area contributed by atoms with Gasteiger partial charge >= 0.3 is 0 Å². The number of nitrogens with zero attached hydrogens (tertiary/aromatic N) is 5. The van der Waals surface area contributed by atoms with Gasteiger partial charge in [0.25, 0.3) is 0 Å². The minimum Gasteiger partial charge on any atom is -0.369 e. The maximum absolute atomic E-state index is 6.12. The topological polar surface area (TPSA) is 37.2 Å². The van der Waals surface area contributed by atoms with Gasteiger partial charge in [-0.05, 0) is 30.7 Å². The molecule has 5 rings (SSSR count). The van der Waals surface area contributed by atoms with E-state index in [1.54, 1.807) is 11.3 Å². The van der Waals surface area contributed by atoms with Crippen molar-refractivity contribution in [3.63, 3.8) is 0 Å². The van der Waals surface area contributed by atoms with Crippen molar-refractivity contribution in [3.8, 4) is 0 Å². The van der Waals surface area contributed by atoms with Crippen LogP contribution in [0.4, 0.5) is 5.69 Å². The first-order chi connectivity index (χ1) is 13.8. The van der Waals surface area contributed by atoms with Gasteiger partial charge in [-0.25, -0.2) is 0 Å². The molecule has 3 heterocycles. The van der Waals surface area contributed by atoms with Gasteiger partial charge in [-0.15, -0.1) is 16.4 Å². The summed E-state index contributed by atoms with van der Waals surface area (Å²) in [6, 6.07) is 16.5. The number of fused-ring (bicyclic) bond motifs is 3. The fraction of sp³-hybridized carbons (Fsp3) is 0.333. The number of halogens is 1. The van der Waals surface area contributed by atoms with Crippen LogP contribution in [0.2, 0.25) is 5.02 Å². The van der Waals surface area contributed by atoms with Crippen LogP contribution in [-0.4, -0.2) is 52.6 Å². The van der Waals surface area contributed by atoms with Crippen molar-refractivity contribution in [3.05, 3.63) is 53.6 Å². The Morgan fingerprint density at radius 2 is 1.79 bits per heavy atom. The third-order valence-electron chi connectivity index (χ3n) is 5.35. The zero-order chi connectivity index (χ0) is 18.9. The van der Waals surface area contributed by atoms with E-state index in [1.165, 1.54) is 15.8 Å². The molecule has 2 aromatic heterocycles. The number of piperazine rings is 1. The fourth-order valence-corrected chi connectivity index (χ4v) is 5.06. The van der Waals surface area contributed by atoms with Gasteiger partial charge in [-0.2, -0.15) is 9.90 Å². The standard InChI is InChI=1S/C21H22ClN5S/c22-16-5-3-6-17(15-16)26-13-11-25(12-14-26)9-4-10-27-23-20-18-7-1-2-8-19(18)28-21(20)24-27/h1-3,5-8,15H,4,9-14H2. The van der Waals surface area contributed by atoms with Crippen molar-refractivity contribution >= 4 is 49.1 Å². The van der Waals surface area contributed by atoms with Crippen LogP contribution < -0.4 is 4.90 Å². The van der Waals surface area contributed by atoms with Crippen LogP contribution in [0.25, 0.3) is 20.4 Å². The van der Waals surface area contributed by atoms with Crippen molar-refractivity contribution in [2.75, 3.05) is 37.6 Å². The molecule has 0 spiro atoms. The molecule has 144 valence electrons. The average molecular weight is 412 g/mol. The smallest absolute Gasteiger partial charge is 0.167 e. The number of hydrogen-bond donors (Lipinski definition) is 0. The highest BCUT2D eigenvalue weighted by Crippen LogP contribution is 2.30. The molecule has 2 aromatic carbocycles. The minimum absolute atomic E-state index is 0.805. The highest BCUT2D eigenvalue weighted by molar-refractivity contribution is 7.25. The van der Waals surface area contributed by atoms with Crippen molar-refractivity contribution < 1.29 is 0 Å². The predicted octanol–water partition coefficient (Wildman–Crippen LogP) is 4.51. The molecule has 1 aliphatic heterocycles. The summed E-state index contributed by atoms with van der Waals surface area (Å²) in [4.78, 5) is 7.85. The highest BCUT2D eigenvalue weighted by Gasteiger charge is 2.17. The Morgan fingerprint density at radius 1 is 0.929 bits per heavy atom. The van der Waals surface area contributed by atoms with E-state index in [0.717, 1.165) is 61.1 Å². The summed E-state index contributed by atoms with van der Waals surface area (Å²) in [5.74, 6) is 0. The minimum atomic E-state index is 0.805. The van der Waals surface area contributed by atoms with Gasteiger partial charge < -0.3 is 4.90 Å². The second kappa shape index (κ2) is 7.70. The van der Waals surface area contributed by atoms with Gasteiger partial charge in [0.05, 0.1) is 6.54 Å². The van der Waals surface area contributed by atoms with Crippen LogP contribution in [0.15, 0.2) is 48.5 Å². The zero-order valence-electron chi connectivity index (χ0n) is 15.6. The van der Waals surface area contributed by atoms with Gasteiger partial charge in [0, 0.05) is 53.5 Å². The number of rotatable bonds is 5. The van der Waals surface area contributed by atoms with Gasteiger partial charge in [0.2, 0.25) is 0 Å². The lowest BCUT2D eigenvalue weighted by Gasteiger charge is -2.36. The molecule has 1 aliphatic rings. The van der Waals surface area contributed by atoms with Crippen molar-refractivity contribution in [2.45, 2.75) is 13.0 Å². The molecule has 0 N–H and O–H groups in total. The van der Waals surface area contributed by atoms with Gasteiger partial charge in [-0.1, -0.05) is 35.9 Å². The first-order valence-corrected chi connectivity index (χ1v) is 10.9. The Morgan fingerprint density at radius 3 is 2.64 bits per heavy atom. The summed E-state index contributed by atoms with van der Waals surface area (Å²) >= 11 is 7.85. The van der Waals surface area contributed by atoms with Crippen LogP contribution in [0.1, 0.15) is 6.42 Å². The lowest BCUT2D eigenvalue weighted by atomic mass is 10.2. The first kappa shape index (κ1) is 17.9. The quantitative estimate of drug-likeness (QED) is 0.484. The van der Waals surface area contributed by atoms with E-state index in [1.807, 2.05) is 16.9 Å². The maximum atomic E-state index is 6.12. The summed E-state index contributed by atoms with van der Waals surface area (Å²) < 4.78 is 1.26. The molecule has 0 saturated carbocycles. The molecule has 1 fully saturated rings. The van der Waals surface area contributed by atoms with Crippen LogP contribution in [0.3, 0.4) is 0 Å². The predicted molar refractivity (Wildman–Crippen MR) is 118 cm³/mol. The van der Waals surface area contributed by atoms with E-state index in [4.69, 9.17) is 16.7 Å². The molecule has 0 aliphatic carbocycles. The summed E-state index contributed by atoms with van der Waals surface area (Å²) in [7, 11) is 0. The average Bonchev–Trinajstić information content (AvgIpc) is 3.26. The largest absolute Gasteiger partial charge is 0.369 e. The van der Waals surface area contributed by atoms with Crippen molar-refractivity contribution in [1.82, 2.24) is 19.9 Å². The Labute approximate surface area is 173 Å². The second-order valence-corrected chi connectivity index (χ2v) is 8.68. The maximum Gasteiger partial charge on any atom is 0.167 e. The third-order valence-corrected chi connectivity index (χ3v) is 6.63. The molecule has 0 radical (unpaired) electrons. The number of thiophene rings is 1. The molecular formula is C21H22ClN5S. The SMILES string of the molecule is Clc1cccc(N2CCN(CCCn3nc4sc5ccccc5c4n3)CC2)c1. The van der Waals surface area contributed by atoms with E-state index in [2.05, 4.69) is 51.3 Å². The van der Waals surface area contributed by atoms with Gasteiger partial charge in [0.15, 0.2) is 4.83 Å². The summed E-state index contributed by atoms with van der Waals surface area (Å²) in [5.41, 5.74) is 2.26. The molecule has 28 heavy (non-hydrogen) atoms. The van der Waals surface area contributed by atoms with Crippen LogP contribution in [-0.2, 0) is 6.54 Å². The lowest BCUT2D eigenvalue weighted by Crippen LogP contribution is -2.46. The molecule has 0 amide bonds. The molecule has 0 unspecified atom stereocenters. The first-order valence-electron chi connectivity index (χ1n) is 9.71. The second-order valence-electron chi connectivity index (χ2n) is 7.21. The van der Waals surface area contributed by atoms with E-state index in [9.17, 15) is 0 Å². The van der Waals surface area contributed by atoms with Crippen LogP contribution in [0, 0.1) is 0 Å². The molecule has 1 saturated heterocycles. The van der Waals surface area contributed by atoms with E-state index in [-0.39, 0.29) is 0 Å². The van der Waals surface area contributed by atoms with Crippen molar-refractivity contribution in [2.24, 2.45) is 0 Å². The monoisotopic (exact) mass is 411 g/mol. The lowest BCUT2D eigenvalue weighted by molar-refractivity contribution is 0.247. The molecule has 5 nitrogen and oxygen atoms in total. The number of aromatic nitrogens is 3. The Hall–Kier alpha value is -2.15. The fourth-order valence-electron chi connectivity index (χ4n) is 3.86. The number of hydrogen-bond acceptors (Lipinski definition) is 5.